The van der Waals surface area contributed by atoms with E-state index in [0.29, 0.717) is 10.4 Å². The molecule has 2 aromatic rings. The summed E-state index contributed by atoms with van der Waals surface area (Å²) in [7, 11) is 0. The van der Waals surface area contributed by atoms with Gasteiger partial charge < -0.3 is 4.98 Å². The van der Waals surface area contributed by atoms with Crippen molar-refractivity contribution in [1.82, 2.24) is 4.98 Å². The van der Waals surface area contributed by atoms with Crippen LogP contribution in [0.2, 0.25) is 5.02 Å². The molecule has 3 heteroatoms. The maximum atomic E-state index is 12.4. The third-order valence-electron chi connectivity index (χ3n) is 3.02. The van der Waals surface area contributed by atoms with Crippen molar-refractivity contribution < 1.29 is 0 Å². The average Bonchev–Trinajstić information content (AvgIpc) is 2.19. The van der Waals surface area contributed by atoms with E-state index in [9.17, 15) is 4.79 Å². The van der Waals surface area contributed by atoms with Crippen LogP contribution in [0.4, 0.5) is 0 Å². The van der Waals surface area contributed by atoms with Crippen LogP contribution in [-0.4, -0.2) is 4.98 Å². The second-order valence-electron chi connectivity index (χ2n) is 4.82. The van der Waals surface area contributed by atoms with Crippen molar-refractivity contribution in [2.24, 2.45) is 0 Å². The number of hydrogen-bond acceptors (Lipinski definition) is 1. The van der Waals surface area contributed by atoms with E-state index < -0.39 is 0 Å². The van der Waals surface area contributed by atoms with Gasteiger partial charge in [-0.2, -0.15) is 0 Å². The summed E-state index contributed by atoms with van der Waals surface area (Å²) in [5.74, 6) is 0.211. The largest absolute Gasteiger partial charge is 0.357 e. The van der Waals surface area contributed by atoms with Crippen molar-refractivity contribution in [3.05, 3.63) is 44.2 Å². The van der Waals surface area contributed by atoms with Crippen LogP contribution < -0.4 is 5.43 Å². The second-order valence-corrected chi connectivity index (χ2v) is 5.22. The number of H-pyrrole nitrogens is 1. The van der Waals surface area contributed by atoms with E-state index in [-0.39, 0.29) is 11.3 Å². The molecule has 0 bridgehead atoms. The number of nitrogens with one attached hydrogen (secondary N) is 1. The summed E-state index contributed by atoms with van der Waals surface area (Å²) in [6, 6.07) is 3.76. The topological polar surface area (TPSA) is 32.9 Å². The van der Waals surface area contributed by atoms with Crippen molar-refractivity contribution in [3.8, 4) is 0 Å². The van der Waals surface area contributed by atoms with Crippen LogP contribution in [0.1, 0.15) is 36.6 Å². The summed E-state index contributed by atoms with van der Waals surface area (Å²) in [5.41, 5.74) is 3.59. The number of aromatic amines is 1. The second kappa shape index (κ2) is 4.19. The van der Waals surface area contributed by atoms with Gasteiger partial charge in [0.15, 0.2) is 5.43 Å². The van der Waals surface area contributed by atoms with Gasteiger partial charge in [-0.05, 0) is 37.5 Å². The maximum absolute atomic E-state index is 12.4. The first-order chi connectivity index (χ1) is 7.91. The molecule has 0 aliphatic carbocycles. The fraction of sp³-hybridized carbons (Fsp3) is 0.357. The molecule has 1 N–H and O–H groups in total. The first kappa shape index (κ1) is 12.2. The summed E-state index contributed by atoms with van der Waals surface area (Å²) in [6.07, 6.45) is 0. The molecule has 90 valence electrons. The summed E-state index contributed by atoms with van der Waals surface area (Å²) >= 11 is 6.17. The molecule has 0 atom stereocenters. The molecular formula is C14H16ClNO. The highest BCUT2D eigenvalue weighted by Gasteiger charge is 2.14. The summed E-state index contributed by atoms with van der Waals surface area (Å²) in [5, 5.41) is 1.29. The zero-order chi connectivity index (χ0) is 12.7. The predicted octanol–water partition coefficient (Wildman–Crippen LogP) is 3.92. The minimum Gasteiger partial charge on any atom is -0.357 e. The normalized spacial score (nSPS) is 11.4. The fourth-order valence-electron chi connectivity index (χ4n) is 2.31. The highest BCUT2D eigenvalue weighted by atomic mass is 35.5. The minimum absolute atomic E-state index is 0.0943. The lowest BCUT2D eigenvalue weighted by molar-refractivity contribution is 0.839. The third-order valence-corrected chi connectivity index (χ3v) is 3.32. The first-order valence-electron chi connectivity index (χ1n) is 5.74. The number of rotatable bonds is 1. The Hall–Kier alpha value is -1.28. The molecule has 0 saturated heterocycles. The number of aromatic nitrogens is 1. The minimum atomic E-state index is 0.0943. The number of hydrogen-bond donors (Lipinski definition) is 1. The number of fused-ring (bicyclic) bond motifs is 1. The van der Waals surface area contributed by atoms with Gasteiger partial charge in [0.05, 0.1) is 10.5 Å². The Kier molecular flexibility index (Phi) is 3.00. The first-order valence-corrected chi connectivity index (χ1v) is 6.12. The lowest BCUT2D eigenvalue weighted by Crippen LogP contribution is -2.15. The van der Waals surface area contributed by atoms with Crippen molar-refractivity contribution >= 4 is 22.5 Å². The Morgan fingerprint density at radius 3 is 2.47 bits per heavy atom. The zero-order valence-electron chi connectivity index (χ0n) is 10.5. The van der Waals surface area contributed by atoms with E-state index in [1.807, 2.05) is 39.8 Å². The van der Waals surface area contributed by atoms with Crippen LogP contribution in [0.5, 0.6) is 0 Å². The van der Waals surface area contributed by atoms with Crippen molar-refractivity contribution in [2.45, 2.75) is 33.6 Å². The molecule has 2 nitrogen and oxygen atoms in total. The van der Waals surface area contributed by atoms with E-state index in [1.165, 1.54) is 0 Å². The van der Waals surface area contributed by atoms with Crippen LogP contribution in [0.25, 0.3) is 10.9 Å². The molecule has 2 rings (SSSR count). The van der Waals surface area contributed by atoms with Gasteiger partial charge in [0.2, 0.25) is 0 Å². The van der Waals surface area contributed by atoms with E-state index in [1.54, 1.807) is 0 Å². The van der Waals surface area contributed by atoms with Crippen LogP contribution in [0.15, 0.2) is 16.9 Å². The Morgan fingerprint density at radius 2 is 1.88 bits per heavy atom. The average molecular weight is 250 g/mol. The molecule has 0 spiro atoms. The van der Waals surface area contributed by atoms with Gasteiger partial charge in [-0.25, -0.2) is 0 Å². The lowest BCUT2D eigenvalue weighted by atomic mass is 9.98. The molecule has 0 aliphatic rings. The standard InChI is InChI=1S/C14H16ClNO/c1-7(2)12-9(4)16-13-10(14(12)17)5-8(3)6-11(13)15/h5-7H,1-4H3,(H,16,17). The quantitative estimate of drug-likeness (QED) is 0.816. The number of halogens is 1. The molecule has 17 heavy (non-hydrogen) atoms. The smallest absolute Gasteiger partial charge is 0.193 e. The Labute approximate surface area is 106 Å². The van der Waals surface area contributed by atoms with Gasteiger partial charge in [-0.3, -0.25) is 4.79 Å². The zero-order valence-corrected chi connectivity index (χ0v) is 11.3. The molecule has 0 unspecified atom stereocenters. The van der Waals surface area contributed by atoms with Gasteiger partial charge in [-0.1, -0.05) is 25.4 Å². The van der Waals surface area contributed by atoms with E-state index in [4.69, 9.17) is 11.6 Å². The summed E-state index contributed by atoms with van der Waals surface area (Å²) in [6.45, 7) is 7.92. The summed E-state index contributed by atoms with van der Waals surface area (Å²) in [4.78, 5) is 15.7. The number of aryl methyl sites for hydroxylation is 2. The molecule has 0 amide bonds. The van der Waals surface area contributed by atoms with Crippen molar-refractivity contribution in [2.75, 3.05) is 0 Å². The number of benzene rings is 1. The van der Waals surface area contributed by atoms with Crippen LogP contribution in [0, 0.1) is 13.8 Å². The van der Waals surface area contributed by atoms with Gasteiger partial charge >= 0.3 is 0 Å². The predicted molar refractivity (Wildman–Crippen MR) is 73.1 cm³/mol. The molecular weight excluding hydrogens is 234 g/mol. The molecule has 1 heterocycles. The molecule has 0 aliphatic heterocycles. The highest BCUT2D eigenvalue weighted by molar-refractivity contribution is 6.35. The van der Waals surface area contributed by atoms with Gasteiger partial charge in [-0.15, -0.1) is 0 Å². The fourth-order valence-corrected chi connectivity index (χ4v) is 2.63. The molecule has 0 fully saturated rings. The van der Waals surface area contributed by atoms with E-state index >= 15 is 0 Å². The van der Waals surface area contributed by atoms with Crippen molar-refractivity contribution in [3.63, 3.8) is 0 Å². The molecule has 0 saturated carbocycles. The maximum Gasteiger partial charge on any atom is 0.193 e. The van der Waals surface area contributed by atoms with E-state index in [2.05, 4.69) is 4.98 Å². The van der Waals surface area contributed by atoms with Gasteiger partial charge in [0.25, 0.3) is 0 Å². The van der Waals surface area contributed by atoms with Crippen LogP contribution in [-0.2, 0) is 0 Å². The van der Waals surface area contributed by atoms with Crippen LogP contribution >= 0.6 is 11.6 Å². The monoisotopic (exact) mass is 249 g/mol. The Balaban J connectivity index is 2.97. The summed E-state index contributed by atoms with van der Waals surface area (Å²) < 4.78 is 0. The molecule has 1 aromatic carbocycles. The lowest BCUT2D eigenvalue weighted by Gasteiger charge is -2.12. The molecule has 1 aromatic heterocycles. The van der Waals surface area contributed by atoms with E-state index in [0.717, 1.165) is 22.3 Å². The Morgan fingerprint density at radius 1 is 1.24 bits per heavy atom. The Bertz CT molecular complexity index is 641. The van der Waals surface area contributed by atoms with Crippen LogP contribution in [0.3, 0.4) is 0 Å². The molecule has 0 radical (unpaired) electrons. The number of pyridine rings is 1. The SMILES string of the molecule is Cc1cc(Cl)c2[nH]c(C)c(C(C)C)c(=O)c2c1. The highest BCUT2D eigenvalue weighted by Crippen LogP contribution is 2.24. The van der Waals surface area contributed by atoms with Gasteiger partial charge in [0.1, 0.15) is 0 Å². The van der Waals surface area contributed by atoms with Crippen molar-refractivity contribution in [1.29, 1.82) is 0 Å². The third kappa shape index (κ3) is 1.98. The van der Waals surface area contributed by atoms with Gasteiger partial charge in [0, 0.05) is 16.6 Å².